The van der Waals surface area contributed by atoms with Gasteiger partial charge in [0.15, 0.2) is 6.10 Å². The Morgan fingerprint density at radius 2 is 1.47 bits per heavy atom. The first-order valence-electron chi connectivity index (χ1n) is 8.95. The molecule has 2 aromatic carbocycles. The van der Waals surface area contributed by atoms with Crippen molar-refractivity contribution in [3.05, 3.63) is 65.2 Å². The van der Waals surface area contributed by atoms with E-state index in [-0.39, 0.29) is 23.4 Å². The van der Waals surface area contributed by atoms with Gasteiger partial charge >= 0.3 is 18.0 Å². The predicted molar refractivity (Wildman–Crippen MR) is 106 cm³/mol. The molecule has 2 rings (SSSR count). The van der Waals surface area contributed by atoms with E-state index in [4.69, 9.17) is 4.74 Å². The lowest BCUT2D eigenvalue weighted by Gasteiger charge is -2.16. The van der Waals surface area contributed by atoms with Gasteiger partial charge in [-0.25, -0.2) is 14.4 Å². The first-order chi connectivity index (χ1) is 14.3. The van der Waals surface area contributed by atoms with Crippen molar-refractivity contribution >= 4 is 23.9 Å². The van der Waals surface area contributed by atoms with Crippen molar-refractivity contribution < 1.29 is 33.4 Å². The molecular weight excluding hydrogens is 392 g/mol. The van der Waals surface area contributed by atoms with Gasteiger partial charge in [0.25, 0.3) is 5.91 Å². The van der Waals surface area contributed by atoms with Crippen LogP contribution in [0.5, 0.6) is 5.75 Å². The Morgan fingerprint density at radius 3 is 2.00 bits per heavy atom. The molecule has 1 atom stereocenters. The standard InChI is InChI=1S/C21H22N2O7/c1-13(18(24)23-21(27)22-12-14-7-5-4-6-8-14)30-17-10-15(19(25)28-2)9-16(11-17)20(26)29-3/h4-11,13H,12H2,1-3H3,(H2,22,23,24,27)/t13-/m0/s1. The summed E-state index contributed by atoms with van der Waals surface area (Å²) in [5.41, 5.74) is 0.964. The van der Waals surface area contributed by atoms with Crippen molar-refractivity contribution in [1.82, 2.24) is 10.6 Å². The largest absolute Gasteiger partial charge is 0.481 e. The zero-order valence-electron chi connectivity index (χ0n) is 16.8. The molecule has 9 nitrogen and oxygen atoms in total. The molecule has 30 heavy (non-hydrogen) atoms. The highest BCUT2D eigenvalue weighted by Crippen LogP contribution is 2.20. The Labute approximate surface area is 173 Å². The molecule has 0 unspecified atom stereocenters. The summed E-state index contributed by atoms with van der Waals surface area (Å²) < 4.78 is 14.8. The van der Waals surface area contributed by atoms with Gasteiger partial charge < -0.3 is 19.5 Å². The molecule has 2 N–H and O–H groups in total. The van der Waals surface area contributed by atoms with Crippen molar-refractivity contribution in [2.75, 3.05) is 14.2 Å². The van der Waals surface area contributed by atoms with Gasteiger partial charge in [-0.05, 0) is 30.7 Å². The SMILES string of the molecule is COC(=O)c1cc(O[C@@H](C)C(=O)NC(=O)NCc2ccccc2)cc(C(=O)OC)c1. The van der Waals surface area contributed by atoms with Crippen molar-refractivity contribution in [2.45, 2.75) is 19.6 Å². The average molecular weight is 414 g/mol. The summed E-state index contributed by atoms with van der Waals surface area (Å²) >= 11 is 0. The van der Waals surface area contributed by atoms with Gasteiger partial charge in [-0.2, -0.15) is 0 Å². The van der Waals surface area contributed by atoms with Crippen molar-refractivity contribution in [1.29, 1.82) is 0 Å². The smallest absolute Gasteiger partial charge is 0.338 e. The molecule has 0 saturated heterocycles. The van der Waals surface area contributed by atoms with Crippen molar-refractivity contribution in [3.63, 3.8) is 0 Å². The topological polar surface area (TPSA) is 120 Å². The molecule has 0 radical (unpaired) electrons. The second-order valence-electron chi connectivity index (χ2n) is 6.15. The van der Waals surface area contributed by atoms with Crippen LogP contribution in [-0.4, -0.2) is 44.2 Å². The summed E-state index contributed by atoms with van der Waals surface area (Å²) in [6.45, 7) is 1.67. The van der Waals surface area contributed by atoms with Crippen LogP contribution in [0.1, 0.15) is 33.2 Å². The number of rotatable bonds is 7. The minimum atomic E-state index is -1.09. The molecule has 0 spiro atoms. The quantitative estimate of drug-likeness (QED) is 0.665. The molecule has 2 aromatic rings. The molecule has 0 heterocycles. The molecule has 0 aliphatic heterocycles. The van der Waals surface area contributed by atoms with Crippen LogP contribution in [0.15, 0.2) is 48.5 Å². The number of carbonyl (C=O) groups excluding carboxylic acids is 4. The fourth-order valence-corrected chi connectivity index (χ4v) is 2.43. The molecule has 158 valence electrons. The van der Waals surface area contributed by atoms with Gasteiger partial charge in [-0.1, -0.05) is 30.3 Å². The van der Waals surface area contributed by atoms with Crippen LogP contribution in [0.4, 0.5) is 4.79 Å². The molecule has 0 aliphatic rings. The Hall–Kier alpha value is -3.88. The van der Waals surface area contributed by atoms with E-state index in [0.717, 1.165) is 5.56 Å². The third-order valence-corrected chi connectivity index (χ3v) is 3.96. The van der Waals surface area contributed by atoms with Crippen LogP contribution in [0, 0.1) is 0 Å². The van der Waals surface area contributed by atoms with E-state index in [1.807, 2.05) is 30.3 Å². The fraction of sp³-hybridized carbons (Fsp3) is 0.238. The van der Waals surface area contributed by atoms with Gasteiger partial charge in [0, 0.05) is 6.54 Å². The Kier molecular flexibility index (Phi) is 7.92. The van der Waals surface area contributed by atoms with Crippen LogP contribution in [0.25, 0.3) is 0 Å². The third kappa shape index (κ3) is 6.33. The number of hydrogen-bond acceptors (Lipinski definition) is 7. The number of benzene rings is 2. The maximum Gasteiger partial charge on any atom is 0.338 e. The molecule has 0 fully saturated rings. The zero-order chi connectivity index (χ0) is 22.1. The van der Waals surface area contributed by atoms with E-state index in [0.29, 0.717) is 0 Å². The number of amides is 3. The second kappa shape index (κ2) is 10.6. The summed E-state index contributed by atoms with van der Waals surface area (Å²) in [7, 11) is 2.38. The molecule has 0 bridgehead atoms. The van der Waals surface area contributed by atoms with Crippen molar-refractivity contribution in [2.24, 2.45) is 0 Å². The lowest BCUT2D eigenvalue weighted by Crippen LogP contribution is -2.44. The van der Waals surface area contributed by atoms with Gasteiger partial charge in [0.2, 0.25) is 0 Å². The predicted octanol–water partition coefficient (Wildman–Crippen LogP) is 2.05. The molecular formula is C21H22N2O7. The van der Waals surface area contributed by atoms with Gasteiger partial charge in [0.1, 0.15) is 5.75 Å². The first kappa shape index (κ1) is 22.4. The fourth-order valence-electron chi connectivity index (χ4n) is 2.43. The van der Waals surface area contributed by atoms with Crippen LogP contribution < -0.4 is 15.4 Å². The van der Waals surface area contributed by atoms with Crippen LogP contribution in [-0.2, 0) is 20.8 Å². The van der Waals surface area contributed by atoms with Crippen molar-refractivity contribution in [3.8, 4) is 5.75 Å². The van der Waals surface area contributed by atoms with Gasteiger partial charge in [-0.15, -0.1) is 0 Å². The Balaban J connectivity index is 2.02. The third-order valence-electron chi connectivity index (χ3n) is 3.96. The summed E-state index contributed by atoms with van der Waals surface area (Å²) in [6, 6.07) is 12.4. The van der Waals surface area contributed by atoms with E-state index >= 15 is 0 Å². The van der Waals surface area contributed by atoms with Crippen LogP contribution >= 0.6 is 0 Å². The van der Waals surface area contributed by atoms with E-state index in [1.54, 1.807) is 0 Å². The summed E-state index contributed by atoms with van der Waals surface area (Å²) in [4.78, 5) is 47.8. The summed E-state index contributed by atoms with van der Waals surface area (Å²) in [5, 5.41) is 4.73. The lowest BCUT2D eigenvalue weighted by molar-refractivity contribution is -0.126. The highest BCUT2D eigenvalue weighted by atomic mass is 16.5. The van der Waals surface area contributed by atoms with E-state index in [9.17, 15) is 19.2 Å². The number of nitrogens with one attached hydrogen (secondary N) is 2. The minimum absolute atomic E-state index is 0.0450. The number of ether oxygens (including phenoxy) is 3. The maximum atomic E-state index is 12.2. The van der Waals surface area contributed by atoms with Crippen LogP contribution in [0.2, 0.25) is 0 Å². The molecule has 9 heteroatoms. The number of urea groups is 1. The normalized spacial score (nSPS) is 11.0. The van der Waals surface area contributed by atoms with E-state index < -0.39 is 30.0 Å². The monoisotopic (exact) mass is 414 g/mol. The molecule has 0 aliphatic carbocycles. The highest BCUT2D eigenvalue weighted by molar-refractivity contribution is 5.97. The molecule has 3 amide bonds. The number of esters is 2. The lowest BCUT2D eigenvalue weighted by atomic mass is 10.1. The maximum absolute atomic E-state index is 12.2. The second-order valence-corrected chi connectivity index (χ2v) is 6.15. The average Bonchev–Trinajstić information content (AvgIpc) is 2.76. The number of carbonyl (C=O) groups is 4. The Morgan fingerprint density at radius 1 is 0.900 bits per heavy atom. The van der Waals surface area contributed by atoms with Gasteiger partial charge in [0.05, 0.1) is 25.3 Å². The highest BCUT2D eigenvalue weighted by Gasteiger charge is 2.20. The summed E-state index contributed by atoms with van der Waals surface area (Å²) in [5.74, 6) is -2.03. The van der Waals surface area contributed by atoms with Crippen LogP contribution in [0.3, 0.4) is 0 Å². The minimum Gasteiger partial charge on any atom is -0.481 e. The van der Waals surface area contributed by atoms with E-state index in [2.05, 4.69) is 20.1 Å². The number of imide groups is 1. The summed E-state index contributed by atoms with van der Waals surface area (Å²) in [6.07, 6.45) is -1.09. The number of hydrogen-bond donors (Lipinski definition) is 2. The van der Waals surface area contributed by atoms with E-state index in [1.165, 1.54) is 39.3 Å². The first-order valence-corrected chi connectivity index (χ1v) is 8.95. The van der Waals surface area contributed by atoms with Gasteiger partial charge in [-0.3, -0.25) is 10.1 Å². The molecule has 0 saturated carbocycles. The number of methoxy groups -OCH3 is 2. The Bertz CT molecular complexity index is 894. The zero-order valence-corrected chi connectivity index (χ0v) is 16.8. The molecule has 0 aromatic heterocycles.